The summed E-state index contributed by atoms with van der Waals surface area (Å²) in [7, 11) is 1.10. The van der Waals surface area contributed by atoms with Crippen LogP contribution in [0.1, 0.15) is 51.5 Å². The molecule has 34 heavy (non-hydrogen) atoms. The van der Waals surface area contributed by atoms with Crippen molar-refractivity contribution in [3.63, 3.8) is 0 Å². The number of likely N-dealkylation sites (tertiary alicyclic amines) is 1. The molecule has 3 amide bonds. The maximum absolute atomic E-state index is 12.9. The molecular formula is C26H33NO7. The number of methoxy groups -OCH3 is 1. The first-order valence-corrected chi connectivity index (χ1v) is 11.7. The van der Waals surface area contributed by atoms with Gasteiger partial charge in [-0.3, -0.25) is 9.59 Å². The van der Waals surface area contributed by atoms with Gasteiger partial charge in [0.15, 0.2) is 0 Å². The summed E-state index contributed by atoms with van der Waals surface area (Å²) in [4.78, 5) is 38.2. The maximum Gasteiger partial charge on any atom is 0.423 e. The first kappa shape index (κ1) is 25.6. The number of carbonyl (C=O) groups is 3. The number of benzene rings is 1. The van der Waals surface area contributed by atoms with Crippen molar-refractivity contribution in [2.24, 2.45) is 17.8 Å². The molecule has 4 atom stereocenters. The van der Waals surface area contributed by atoms with Crippen molar-refractivity contribution >= 4 is 24.0 Å². The summed E-state index contributed by atoms with van der Waals surface area (Å²) in [5.74, 6) is -3.51. The number of fused-ring (bicyclic) bond motifs is 1. The lowest BCUT2D eigenvalue weighted by Crippen LogP contribution is -2.39. The van der Waals surface area contributed by atoms with E-state index in [4.69, 9.17) is 0 Å². The number of imide groups is 3. The molecule has 0 spiro atoms. The molecule has 1 aromatic carbocycles. The summed E-state index contributed by atoms with van der Waals surface area (Å²) in [6, 6.07) is 6.96. The van der Waals surface area contributed by atoms with E-state index in [9.17, 15) is 29.7 Å². The van der Waals surface area contributed by atoms with Crippen molar-refractivity contribution < 1.29 is 34.4 Å². The van der Waals surface area contributed by atoms with Gasteiger partial charge in [-0.1, -0.05) is 42.7 Å². The number of allylic oxidation sites excluding steroid dienone is 2. The summed E-state index contributed by atoms with van der Waals surface area (Å²) in [5.41, 5.74) is 3.32. The molecule has 1 aliphatic heterocycles. The number of nitrogens with zero attached hydrogens (tertiary/aromatic N) is 1. The maximum atomic E-state index is 12.9. The minimum atomic E-state index is -1.03. The zero-order chi connectivity index (χ0) is 25.0. The average molecular weight is 472 g/mol. The van der Waals surface area contributed by atoms with Crippen LogP contribution in [0.2, 0.25) is 0 Å². The van der Waals surface area contributed by atoms with Crippen LogP contribution in [0, 0.1) is 17.8 Å². The second-order valence-electron chi connectivity index (χ2n) is 9.05. The van der Waals surface area contributed by atoms with E-state index in [1.54, 1.807) is 25.1 Å². The Morgan fingerprint density at radius 2 is 2.00 bits per heavy atom. The molecule has 184 valence electrons. The number of amides is 3. The quantitative estimate of drug-likeness (QED) is 0.392. The van der Waals surface area contributed by atoms with Crippen LogP contribution in [0.15, 0.2) is 41.0 Å². The van der Waals surface area contributed by atoms with Crippen LogP contribution in [-0.4, -0.2) is 57.9 Å². The van der Waals surface area contributed by atoms with Crippen LogP contribution in [0.25, 0.3) is 6.08 Å². The summed E-state index contributed by atoms with van der Waals surface area (Å²) >= 11 is 0. The Kier molecular flexibility index (Phi) is 8.28. The largest absolute Gasteiger partial charge is 0.508 e. The Bertz CT molecular complexity index is 1010. The zero-order valence-corrected chi connectivity index (χ0v) is 19.9. The van der Waals surface area contributed by atoms with Gasteiger partial charge < -0.3 is 20.1 Å². The third-order valence-corrected chi connectivity index (χ3v) is 6.79. The summed E-state index contributed by atoms with van der Waals surface area (Å²) in [5, 5.41) is 31.0. The second-order valence-corrected chi connectivity index (χ2v) is 9.05. The normalized spacial score (nSPS) is 23.9. The smallest absolute Gasteiger partial charge is 0.423 e. The van der Waals surface area contributed by atoms with Crippen molar-refractivity contribution in [2.75, 3.05) is 13.7 Å². The van der Waals surface area contributed by atoms with Gasteiger partial charge in [0.2, 0.25) is 11.8 Å². The molecule has 1 heterocycles. The molecule has 3 rings (SSSR count). The summed E-state index contributed by atoms with van der Waals surface area (Å²) in [6.45, 7) is 3.45. The molecule has 0 bridgehead atoms. The van der Waals surface area contributed by atoms with Gasteiger partial charge in [0.25, 0.3) is 0 Å². The van der Waals surface area contributed by atoms with Crippen LogP contribution in [0.5, 0.6) is 5.75 Å². The van der Waals surface area contributed by atoms with E-state index in [2.05, 4.69) is 11.7 Å². The fourth-order valence-electron chi connectivity index (χ4n) is 5.31. The van der Waals surface area contributed by atoms with Gasteiger partial charge in [0.05, 0.1) is 31.7 Å². The molecule has 1 fully saturated rings. The van der Waals surface area contributed by atoms with E-state index in [1.807, 2.05) is 12.1 Å². The minimum Gasteiger partial charge on any atom is -0.508 e. The highest BCUT2D eigenvalue weighted by atomic mass is 16.5. The number of phenols is 1. The fraction of sp³-hybridized carbons (Fsp3) is 0.500. The molecule has 8 nitrogen and oxygen atoms in total. The van der Waals surface area contributed by atoms with Crippen molar-refractivity contribution in [2.45, 2.75) is 52.1 Å². The van der Waals surface area contributed by atoms with E-state index >= 15 is 0 Å². The highest BCUT2D eigenvalue weighted by molar-refractivity contribution is 6.15. The Hall–Kier alpha value is -2.97. The molecule has 2 aliphatic rings. The number of hydrogen-bond donors (Lipinski definition) is 3. The average Bonchev–Trinajstić information content (AvgIpc) is 3.05. The highest BCUT2D eigenvalue weighted by Crippen LogP contribution is 2.46. The number of aromatic hydroxyl groups is 1. The zero-order valence-electron chi connectivity index (χ0n) is 19.9. The van der Waals surface area contributed by atoms with Gasteiger partial charge in [-0.2, -0.15) is 4.90 Å². The molecular weight excluding hydrogens is 438 g/mol. The molecule has 3 N–H and O–H groups in total. The lowest BCUT2D eigenvalue weighted by Gasteiger charge is -2.35. The summed E-state index contributed by atoms with van der Waals surface area (Å²) < 4.78 is 4.59. The first-order valence-electron chi connectivity index (χ1n) is 11.7. The summed E-state index contributed by atoms with van der Waals surface area (Å²) in [6.07, 6.45) is 3.04. The molecule has 1 aromatic rings. The second kappa shape index (κ2) is 11.0. The lowest BCUT2D eigenvalue weighted by atomic mass is 9.68. The van der Waals surface area contributed by atoms with E-state index in [0.29, 0.717) is 23.3 Å². The van der Waals surface area contributed by atoms with Crippen LogP contribution < -0.4 is 0 Å². The molecule has 1 aliphatic carbocycles. The lowest BCUT2D eigenvalue weighted by molar-refractivity contribution is -0.137. The van der Waals surface area contributed by atoms with Crippen molar-refractivity contribution in [1.82, 2.24) is 4.90 Å². The van der Waals surface area contributed by atoms with E-state index in [-0.39, 0.29) is 12.2 Å². The van der Waals surface area contributed by atoms with Gasteiger partial charge >= 0.3 is 6.09 Å². The number of rotatable bonds is 8. The van der Waals surface area contributed by atoms with Gasteiger partial charge in [-0.05, 0) is 55.9 Å². The topological polar surface area (TPSA) is 124 Å². The Labute approximate surface area is 199 Å². The van der Waals surface area contributed by atoms with E-state index in [1.165, 1.54) is 0 Å². The van der Waals surface area contributed by atoms with E-state index < -0.39 is 48.4 Å². The Morgan fingerprint density at radius 3 is 2.62 bits per heavy atom. The number of hydrogen-bond acceptors (Lipinski definition) is 7. The van der Waals surface area contributed by atoms with Crippen LogP contribution >= 0.6 is 0 Å². The number of ether oxygens (including phenoxy) is 1. The number of aliphatic hydroxyl groups is 2. The van der Waals surface area contributed by atoms with Crippen molar-refractivity contribution in [3.8, 4) is 5.75 Å². The monoisotopic (exact) mass is 471 g/mol. The third-order valence-electron chi connectivity index (χ3n) is 6.79. The Balaban J connectivity index is 1.81. The predicted molar refractivity (Wildman–Crippen MR) is 125 cm³/mol. The van der Waals surface area contributed by atoms with Crippen LogP contribution in [-0.2, 0) is 14.3 Å². The van der Waals surface area contributed by atoms with Crippen LogP contribution in [0.3, 0.4) is 0 Å². The first-order chi connectivity index (χ1) is 16.2. The number of aliphatic hydroxyl groups excluding tert-OH is 2. The predicted octanol–water partition coefficient (Wildman–Crippen LogP) is 3.41. The molecule has 0 saturated carbocycles. The van der Waals surface area contributed by atoms with Gasteiger partial charge in [-0.15, -0.1) is 0 Å². The molecule has 0 aromatic heterocycles. The fourth-order valence-corrected chi connectivity index (χ4v) is 5.31. The minimum absolute atomic E-state index is 0.185. The Morgan fingerprint density at radius 1 is 1.26 bits per heavy atom. The molecule has 0 unspecified atom stereocenters. The SMILES string of the molecule is CCC/C(=C\c1cccc(O)c1)CC[C@@H](O)C1=C(C)C[C@H]2C(=O)N(C(=O)OC)C(=O)[C@H]2[C@H]1CO. The van der Waals surface area contributed by atoms with Gasteiger partial charge in [0, 0.05) is 5.92 Å². The van der Waals surface area contributed by atoms with Gasteiger partial charge in [-0.25, -0.2) is 4.79 Å². The van der Waals surface area contributed by atoms with Gasteiger partial charge in [0.1, 0.15) is 5.75 Å². The molecule has 8 heteroatoms. The van der Waals surface area contributed by atoms with Crippen molar-refractivity contribution in [1.29, 1.82) is 0 Å². The number of carbonyl (C=O) groups excluding carboxylic acids is 3. The number of phenolic OH excluding ortho intramolecular Hbond substituents is 1. The highest BCUT2D eigenvalue weighted by Gasteiger charge is 2.56. The van der Waals surface area contributed by atoms with Crippen molar-refractivity contribution in [3.05, 3.63) is 46.5 Å². The van der Waals surface area contributed by atoms with Crippen LogP contribution in [0.4, 0.5) is 4.79 Å². The van der Waals surface area contributed by atoms with E-state index in [0.717, 1.165) is 36.7 Å². The third kappa shape index (κ3) is 5.08. The standard InChI is InChI=1S/C26H33NO7/c1-4-6-16(12-17-7-5-8-18(29)13-17)9-10-21(30)22-15(2)11-19-23(20(22)14-28)25(32)27(24(19)31)26(33)34-3/h5,7-8,12-13,19-21,23,28-30H,4,6,9-11,14H2,1-3H3/b16-12+/t19-,20+,21-,23-/m1/s1. The molecule has 0 radical (unpaired) electrons. The molecule has 1 saturated heterocycles.